The van der Waals surface area contributed by atoms with Gasteiger partial charge in [0.1, 0.15) is 0 Å². The lowest BCUT2D eigenvalue weighted by atomic mass is 10.1. The molecule has 122 valence electrons. The lowest BCUT2D eigenvalue weighted by molar-refractivity contribution is 0.0846. The van der Waals surface area contributed by atoms with Crippen LogP contribution in [0.25, 0.3) is 5.69 Å². The lowest BCUT2D eigenvalue weighted by Crippen LogP contribution is -2.42. The van der Waals surface area contributed by atoms with Crippen molar-refractivity contribution in [2.24, 2.45) is 0 Å². The van der Waals surface area contributed by atoms with Crippen LogP contribution in [0.3, 0.4) is 0 Å². The molecule has 0 saturated heterocycles. The summed E-state index contributed by atoms with van der Waals surface area (Å²) in [5.41, 5.74) is 6.78. The van der Waals surface area contributed by atoms with Gasteiger partial charge in [-0.15, -0.1) is 11.3 Å². The van der Waals surface area contributed by atoms with Crippen LogP contribution >= 0.6 is 11.3 Å². The Hall–Kier alpha value is -2.86. The molecule has 0 bridgehead atoms. The summed E-state index contributed by atoms with van der Waals surface area (Å²) in [4.78, 5) is 26.6. The van der Waals surface area contributed by atoms with Crippen molar-refractivity contribution < 1.29 is 9.59 Å². The molecule has 0 spiro atoms. The van der Waals surface area contributed by atoms with E-state index in [9.17, 15) is 9.59 Å². The van der Waals surface area contributed by atoms with E-state index in [1.165, 1.54) is 0 Å². The first-order valence-electron chi connectivity index (χ1n) is 7.46. The van der Waals surface area contributed by atoms with Crippen LogP contribution in [0.2, 0.25) is 0 Å². The van der Waals surface area contributed by atoms with Crippen LogP contribution in [-0.2, 0) is 0 Å². The molecule has 0 aliphatic heterocycles. The number of benzene rings is 1. The molecular formula is C18H17N3O2S. The largest absolute Gasteiger partial charge is 0.323 e. The Kier molecular flexibility index (Phi) is 4.48. The van der Waals surface area contributed by atoms with Crippen LogP contribution in [0.15, 0.2) is 54.9 Å². The van der Waals surface area contributed by atoms with Crippen molar-refractivity contribution in [3.05, 3.63) is 75.7 Å². The third-order valence-electron chi connectivity index (χ3n) is 3.61. The Bertz CT molecular complexity index is 882. The minimum absolute atomic E-state index is 0.316. The summed E-state index contributed by atoms with van der Waals surface area (Å²) < 4.78 is 1.85. The van der Waals surface area contributed by atoms with E-state index in [1.54, 1.807) is 23.5 Å². The molecule has 3 aromatic rings. The number of aryl methyl sites for hydroxylation is 2. The average Bonchev–Trinajstić information content (AvgIpc) is 3.22. The summed E-state index contributed by atoms with van der Waals surface area (Å²) in [5.74, 6) is -0.680. The highest BCUT2D eigenvalue weighted by Gasteiger charge is 2.15. The Morgan fingerprint density at radius 3 is 2.17 bits per heavy atom. The SMILES string of the molecule is Cc1cc(C(=O)NNC(=O)c2ccccc2-n2cccc2)c(C)s1. The summed E-state index contributed by atoms with van der Waals surface area (Å²) in [6.45, 7) is 3.83. The minimum atomic E-state index is -0.364. The number of amides is 2. The van der Waals surface area contributed by atoms with Crippen molar-refractivity contribution in [2.45, 2.75) is 13.8 Å². The monoisotopic (exact) mass is 339 g/mol. The molecule has 1 aromatic carbocycles. The molecule has 0 fully saturated rings. The maximum atomic E-state index is 12.5. The van der Waals surface area contributed by atoms with Gasteiger partial charge in [0, 0.05) is 22.1 Å². The average molecular weight is 339 g/mol. The second kappa shape index (κ2) is 6.72. The van der Waals surface area contributed by atoms with E-state index in [1.807, 2.05) is 61.1 Å². The summed E-state index contributed by atoms with van der Waals surface area (Å²) in [6, 6.07) is 12.8. The fourth-order valence-electron chi connectivity index (χ4n) is 2.49. The number of nitrogens with zero attached hydrogens (tertiary/aromatic N) is 1. The van der Waals surface area contributed by atoms with Crippen molar-refractivity contribution in [2.75, 3.05) is 0 Å². The lowest BCUT2D eigenvalue weighted by Gasteiger charge is -2.11. The van der Waals surface area contributed by atoms with Gasteiger partial charge >= 0.3 is 0 Å². The van der Waals surface area contributed by atoms with Crippen molar-refractivity contribution in [3.8, 4) is 5.69 Å². The Balaban J connectivity index is 1.74. The second-order valence-corrected chi connectivity index (χ2v) is 6.80. The van der Waals surface area contributed by atoms with Gasteiger partial charge in [0.05, 0.1) is 16.8 Å². The van der Waals surface area contributed by atoms with E-state index in [4.69, 9.17) is 0 Å². The Morgan fingerprint density at radius 1 is 0.917 bits per heavy atom. The van der Waals surface area contributed by atoms with Crippen LogP contribution in [0, 0.1) is 13.8 Å². The summed E-state index contributed by atoms with van der Waals surface area (Å²) in [6.07, 6.45) is 3.73. The highest BCUT2D eigenvalue weighted by atomic mass is 32.1. The van der Waals surface area contributed by atoms with Gasteiger partial charge in [-0.1, -0.05) is 12.1 Å². The fraction of sp³-hybridized carbons (Fsp3) is 0.111. The van der Waals surface area contributed by atoms with E-state index in [2.05, 4.69) is 10.9 Å². The predicted molar refractivity (Wildman–Crippen MR) is 94.5 cm³/mol. The smallest absolute Gasteiger partial charge is 0.271 e. The molecule has 6 heteroatoms. The number of nitrogens with one attached hydrogen (secondary N) is 2. The van der Waals surface area contributed by atoms with E-state index >= 15 is 0 Å². The molecule has 24 heavy (non-hydrogen) atoms. The molecule has 0 aliphatic rings. The van der Waals surface area contributed by atoms with E-state index < -0.39 is 0 Å². The first kappa shape index (κ1) is 16.0. The fourth-order valence-corrected chi connectivity index (χ4v) is 3.41. The van der Waals surface area contributed by atoms with Crippen molar-refractivity contribution in [3.63, 3.8) is 0 Å². The number of para-hydroxylation sites is 1. The Morgan fingerprint density at radius 2 is 1.54 bits per heavy atom. The number of carbonyl (C=O) groups is 2. The number of carbonyl (C=O) groups excluding carboxylic acids is 2. The normalized spacial score (nSPS) is 10.4. The second-order valence-electron chi connectivity index (χ2n) is 5.34. The molecule has 2 aromatic heterocycles. The van der Waals surface area contributed by atoms with Gasteiger partial charge in [-0.2, -0.15) is 0 Å². The van der Waals surface area contributed by atoms with Crippen LogP contribution in [0.4, 0.5) is 0 Å². The van der Waals surface area contributed by atoms with Crippen molar-refractivity contribution in [1.82, 2.24) is 15.4 Å². The number of rotatable bonds is 3. The van der Waals surface area contributed by atoms with Gasteiger partial charge in [-0.05, 0) is 44.2 Å². The van der Waals surface area contributed by atoms with Crippen LogP contribution in [0.1, 0.15) is 30.5 Å². The number of aromatic nitrogens is 1. The topological polar surface area (TPSA) is 63.1 Å². The van der Waals surface area contributed by atoms with Gasteiger partial charge in [-0.3, -0.25) is 20.4 Å². The Labute approximate surface area is 143 Å². The quantitative estimate of drug-likeness (QED) is 0.720. The van der Waals surface area contributed by atoms with Gasteiger partial charge in [0.15, 0.2) is 0 Å². The molecular weight excluding hydrogens is 322 g/mol. The third-order valence-corrected chi connectivity index (χ3v) is 4.57. The number of thiophene rings is 1. The summed E-state index contributed by atoms with van der Waals surface area (Å²) in [5, 5.41) is 0. The molecule has 0 saturated carbocycles. The molecule has 3 rings (SSSR count). The summed E-state index contributed by atoms with van der Waals surface area (Å²) in [7, 11) is 0. The highest BCUT2D eigenvalue weighted by molar-refractivity contribution is 7.12. The van der Waals surface area contributed by atoms with E-state index in [0.717, 1.165) is 15.4 Å². The molecule has 0 aliphatic carbocycles. The number of hydrogen-bond donors (Lipinski definition) is 2. The third kappa shape index (κ3) is 3.23. The maximum absolute atomic E-state index is 12.5. The standard InChI is InChI=1S/C18H17N3O2S/c1-12-11-15(13(2)24-12)18(23)20-19-17(22)14-7-3-4-8-16(14)21-9-5-6-10-21/h3-11H,1-2H3,(H,19,22)(H,20,23). The molecule has 0 unspecified atom stereocenters. The van der Waals surface area contributed by atoms with E-state index in [-0.39, 0.29) is 11.8 Å². The highest BCUT2D eigenvalue weighted by Crippen LogP contribution is 2.20. The van der Waals surface area contributed by atoms with E-state index in [0.29, 0.717) is 11.1 Å². The van der Waals surface area contributed by atoms with Gasteiger partial charge < -0.3 is 4.57 Å². The molecule has 2 heterocycles. The van der Waals surface area contributed by atoms with Gasteiger partial charge in [-0.25, -0.2) is 0 Å². The van der Waals surface area contributed by atoms with Crippen LogP contribution in [0.5, 0.6) is 0 Å². The molecule has 5 nitrogen and oxygen atoms in total. The van der Waals surface area contributed by atoms with Crippen LogP contribution < -0.4 is 10.9 Å². The maximum Gasteiger partial charge on any atom is 0.271 e. The molecule has 0 radical (unpaired) electrons. The van der Waals surface area contributed by atoms with Gasteiger partial charge in [0.2, 0.25) is 0 Å². The first-order valence-corrected chi connectivity index (χ1v) is 8.28. The molecule has 0 atom stereocenters. The number of hydrazine groups is 1. The predicted octanol–water partition coefficient (Wildman–Crippen LogP) is 3.23. The molecule has 2 N–H and O–H groups in total. The zero-order valence-corrected chi connectivity index (χ0v) is 14.2. The zero-order chi connectivity index (χ0) is 17.1. The van der Waals surface area contributed by atoms with Gasteiger partial charge in [0.25, 0.3) is 11.8 Å². The summed E-state index contributed by atoms with van der Waals surface area (Å²) >= 11 is 1.55. The minimum Gasteiger partial charge on any atom is -0.323 e. The first-order chi connectivity index (χ1) is 11.6. The van der Waals surface area contributed by atoms with Crippen molar-refractivity contribution >= 4 is 23.2 Å². The molecule has 2 amide bonds. The van der Waals surface area contributed by atoms with Crippen LogP contribution in [-0.4, -0.2) is 16.4 Å². The number of hydrogen-bond acceptors (Lipinski definition) is 3. The zero-order valence-electron chi connectivity index (χ0n) is 13.4. The van der Waals surface area contributed by atoms with Crippen molar-refractivity contribution in [1.29, 1.82) is 0 Å².